The fourth-order valence-electron chi connectivity index (χ4n) is 2.48. The molecule has 0 bridgehead atoms. The van der Waals surface area contributed by atoms with E-state index in [0.29, 0.717) is 5.92 Å². The molecule has 5 heteroatoms. The Bertz CT molecular complexity index is 347. The summed E-state index contributed by atoms with van der Waals surface area (Å²) in [6, 6.07) is 10.6. The summed E-state index contributed by atoms with van der Waals surface area (Å²) in [4.78, 5) is 0. The van der Waals surface area contributed by atoms with Gasteiger partial charge in [0.15, 0.2) is 0 Å². The smallest absolute Gasteiger partial charge is 0 e. The average molecular weight is 345 g/mol. The van der Waals surface area contributed by atoms with Gasteiger partial charge in [0, 0.05) is 16.5 Å². The number of nitrogens with zero attached hydrogens (tertiary/aromatic N) is 4. The van der Waals surface area contributed by atoms with Crippen LogP contribution in [0.1, 0.15) is 12.0 Å². The fourth-order valence-corrected chi connectivity index (χ4v) is 2.48. The predicted molar refractivity (Wildman–Crippen MR) is 90.6 cm³/mol. The van der Waals surface area contributed by atoms with Gasteiger partial charge in [0.25, 0.3) is 0 Å². The summed E-state index contributed by atoms with van der Waals surface area (Å²) in [6.45, 7) is 7.04. The zero-order chi connectivity index (χ0) is 14.6. The molecule has 0 aliphatic carbocycles. The maximum atomic E-state index is 4.66. The molecule has 0 spiro atoms. The first-order chi connectivity index (χ1) is 10.4. The number of benzene rings is 1. The van der Waals surface area contributed by atoms with Crippen molar-refractivity contribution in [3.05, 3.63) is 57.2 Å². The maximum Gasteiger partial charge on any atom is 0 e. The van der Waals surface area contributed by atoms with E-state index in [1.54, 1.807) is 0 Å². The van der Waals surface area contributed by atoms with Crippen molar-refractivity contribution in [2.45, 2.75) is 12.8 Å². The summed E-state index contributed by atoms with van der Waals surface area (Å²) in [5.74, 6) is 0.510. The second-order valence-electron chi connectivity index (χ2n) is 5.51. The third kappa shape index (κ3) is 8.87. The molecule has 22 heavy (non-hydrogen) atoms. The molecule has 2 rings (SSSR count). The third-order valence-corrected chi connectivity index (χ3v) is 3.61. The van der Waals surface area contributed by atoms with Crippen molar-refractivity contribution in [3.63, 3.8) is 0 Å². The SMILES string of the molecule is [Ni].c1ccc(CC2C[N-]CC[N-]CCC[N-]CC[N-]C2)cc1. The molecule has 1 saturated heterocycles. The third-order valence-electron chi connectivity index (χ3n) is 3.61. The van der Waals surface area contributed by atoms with E-state index < -0.39 is 0 Å². The van der Waals surface area contributed by atoms with Gasteiger partial charge in [-0.25, -0.2) is 0 Å². The Kier molecular flexibility index (Phi) is 11.6. The summed E-state index contributed by atoms with van der Waals surface area (Å²) >= 11 is 0. The molecule has 128 valence electrons. The zero-order valence-corrected chi connectivity index (χ0v) is 14.1. The molecule has 1 aliphatic heterocycles. The van der Waals surface area contributed by atoms with E-state index in [9.17, 15) is 0 Å². The molecule has 0 aromatic heterocycles. The van der Waals surface area contributed by atoms with Crippen molar-refractivity contribution in [1.82, 2.24) is 0 Å². The number of hydrogen-bond donors (Lipinski definition) is 0. The van der Waals surface area contributed by atoms with Crippen LogP contribution in [0.4, 0.5) is 0 Å². The second kappa shape index (κ2) is 13.0. The Labute approximate surface area is 145 Å². The molecule has 0 amide bonds. The van der Waals surface area contributed by atoms with E-state index in [2.05, 4.69) is 51.6 Å². The van der Waals surface area contributed by atoms with Crippen LogP contribution in [0, 0.1) is 5.92 Å². The Morgan fingerprint density at radius 3 is 1.86 bits per heavy atom. The van der Waals surface area contributed by atoms with Crippen LogP contribution in [-0.4, -0.2) is 52.4 Å². The van der Waals surface area contributed by atoms with Gasteiger partial charge in [0.2, 0.25) is 0 Å². The molecule has 0 radical (unpaired) electrons. The molecule has 1 aromatic carbocycles. The molecule has 1 aromatic rings. The van der Waals surface area contributed by atoms with Crippen molar-refractivity contribution in [1.29, 1.82) is 0 Å². The Morgan fingerprint density at radius 1 is 0.727 bits per heavy atom. The van der Waals surface area contributed by atoms with Crippen molar-refractivity contribution >= 4 is 0 Å². The summed E-state index contributed by atoms with van der Waals surface area (Å²) in [6.07, 6.45) is 2.12. The van der Waals surface area contributed by atoms with Crippen molar-refractivity contribution in [2.24, 2.45) is 5.92 Å². The van der Waals surface area contributed by atoms with E-state index in [0.717, 1.165) is 65.2 Å². The minimum absolute atomic E-state index is 0. The molecule has 0 N–H and O–H groups in total. The summed E-state index contributed by atoms with van der Waals surface area (Å²) < 4.78 is 0. The Morgan fingerprint density at radius 2 is 1.27 bits per heavy atom. The summed E-state index contributed by atoms with van der Waals surface area (Å²) in [7, 11) is 0. The van der Waals surface area contributed by atoms with Gasteiger partial charge in [-0.3, -0.25) is 0 Å². The van der Waals surface area contributed by atoms with Gasteiger partial charge in [0.05, 0.1) is 0 Å². The van der Waals surface area contributed by atoms with Crippen LogP contribution in [0.5, 0.6) is 0 Å². The number of rotatable bonds is 2. The largest absolute Gasteiger partial charge is 0.664 e. The second-order valence-corrected chi connectivity index (χ2v) is 5.51. The van der Waals surface area contributed by atoms with Crippen molar-refractivity contribution in [3.8, 4) is 0 Å². The average Bonchev–Trinajstić information content (AvgIpc) is 2.52. The first-order valence-electron chi connectivity index (χ1n) is 8.02. The molecule has 0 unspecified atom stereocenters. The van der Waals surface area contributed by atoms with Gasteiger partial charge < -0.3 is 21.3 Å². The summed E-state index contributed by atoms with van der Waals surface area (Å²) in [5, 5.41) is 18.3. The Hall–Kier alpha value is -0.446. The van der Waals surface area contributed by atoms with Gasteiger partial charge in [-0.1, -0.05) is 42.7 Å². The quantitative estimate of drug-likeness (QED) is 0.734. The van der Waals surface area contributed by atoms with Crippen molar-refractivity contribution in [2.75, 3.05) is 52.4 Å². The minimum Gasteiger partial charge on any atom is -0.664 e. The van der Waals surface area contributed by atoms with Gasteiger partial charge in [-0.2, -0.15) is 39.3 Å². The predicted octanol–water partition coefficient (Wildman–Crippen LogP) is 3.74. The van der Waals surface area contributed by atoms with E-state index in [-0.39, 0.29) is 16.5 Å². The van der Waals surface area contributed by atoms with Crippen LogP contribution in [0.2, 0.25) is 0 Å². The standard InChI is InChI=1S/C17H26N4.Ni/c1-2-5-16(6-3-1)13-17-14-20-11-9-18-7-4-8-19-10-12-21-15-17;/h1-3,5-6,17H,4,7-15H2;/q-4;. The molecular weight excluding hydrogens is 319 g/mol. The van der Waals surface area contributed by atoms with Crippen LogP contribution in [0.3, 0.4) is 0 Å². The van der Waals surface area contributed by atoms with Gasteiger partial charge in [0.1, 0.15) is 0 Å². The molecule has 1 fully saturated rings. The van der Waals surface area contributed by atoms with Crippen LogP contribution in [0.15, 0.2) is 30.3 Å². The zero-order valence-electron chi connectivity index (χ0n) is 13.1. The summed E-state index contributed by atoms with van der Waals surface area (Å²) in [5.41, 5.74) is 1.38. The van der Waals surface area contributed by atoms with Crippen LogP contribution in [-0.2, 0) is 22.9 Å². The van der Waals surface area contributed by atoms with Gasteiger partial charge in [-0.05, 0) is 12.0 Å². The van der Waals surface area contributed by atoms with E-state index in [1.165, 1.54) is 5.56 Å². The van der Waals surface area contributed by atoms with Crippen LogP contribution >= 0.6 is 0 Å². The normalized spacial score (nSPS) is 19.8. The first kappa shape index (κ1) is 19.6. The maximum absolute atomic E-state index is 4.66. The Balaban J connectivity index is 0.00000242. The molecule has 4 nitrogen and oxygen atoms in total. The van der Waals surface area contributed by atoms with Crippen LogP contribution in [0.25, 0.3) is 21.3 Å². The monoisotopic (exact) mass is 344 g/mol. The minimum atomic E-state index is 0. The molecule has 1 aliphatic rings. The first-order valence-corrected chi connectivity index (χ1v) is 8.02. The van der Waals surface area contributed by atoms with E-state index in [1.807, 2.05) is 0 Å². The molecule has 0 saturated carbocycles. The number of hydrogen-bond acceptors (Lipinski definition) is 0. The van der Waals surface area contributed by atoms with E-state index >= 15 is 0 Å². The van der Waals surface area contributed by atoms with E-state index in [4.69, 9.17) is 0 Å². The van der Waals surface area contributed by atoms with Crippen LogP contribution < -0.4 is 0 Å². The van der Waals surface area contributed by atoms with Gasteiger partial charge in [-0.15, -0.1) is 13.1 Å². The molecule has 0 atom stereocenters. The van der Waals surface area contributed by atoms with Gasteiger partial charge >= 0.3 is 0 Å². The molecule has 1 heterocycles. The van der Waals surface area contributed by atoms with Crippen molar-refractivity contribution < 1.29 is 16.5 Å². The topological polar surface area (TPSA) is 56.4 Å². The fraction of sp³-hybridized carbons (Fsp3) is 0.647. The molecular formula is C17H26N4Ni-4.